The third kappa shape index (κ3) is 2.51. The van der Waals surface area contributed by atoms with Gasteiger partial charge in [0.1, 0.15) is 6.10 Å². The van der Waals surface area contributed by atoms with Crippen LogP contribution < -0.4 is 0 Å². The molecule has 0 bridgehead atoms. The second-order valence-electron chi connectivity index (χ2n) is 4.86. The van der Waals surface area contributed by atoms with Crippen LogP contribution in [-0.4, -0.2) is 5.11 Å². The van der Waals surface area contributed by atoms with Crippen molar-refractivity contribution < 1.29 is 13.9 Å². The molecule has 1 nitrogen and oxygen atoms in total. The van der Waals surface area contributed by atoms with E-state index in [-0.39, 0.29) is 5.56 Å². The van der Waals surface area contributed by atoms with Crippen LogP contribution in [0, 0.1) is 32.4 Å². The number of aliphatic hydroxyl groups is 1. The molecule has 100 valence electrons. The Labute approximate surface area is 111 Å². The predicted octanol–water partition coefficient (Wildman–Crippen LogP) is 3.97. The maximum atomic E-state index is 13.7. The van der Waals surface area contributed by atoms with Gasteiger partial charge in [-0.3, -0.25) is 0 Å². The Morgan fingerprint density at radius 1 is 1.00 bits per heavy atom. The maximum absolute atomic E-state index is 13.7. The van der Waals surface area contributed by atoms with E-state index in [9.17, 15) is 13.9 Å². The predicted molar refractivity (Wildman–Crippen MR) is 71.1 cm³/mol. The molecule has 3 heteroatoms. The van der Waals surface area contributed by atoms with Gasteiger partial charge < -0.3 is 5.11 Å². The summed E-state index contributed by atoms with van der Waals surface area (Å²) < 4.78 is 27.0. The number of halogens is 2. The fourth-order valence-corrected chi connectivity index (χ4v) is 2.51. The van der Waals surface area contributed by atoms with Crippen LogP contribution >= 0.6 is 0 Å². The molecule has 0 saturated heterocycles. The van der Waals surface area contributed by atoms with Crippen molar-refractivity contribution in [3.63, 3.8) is 0 Å². The highest BCUT2D eigenvalue weighted by Gasteiger charge is 2.20. The smallest absolute Gasteiger partial charge is 0.164 e. The van der Waals surface area contributed by atoms with Gasteiger partial charge in [-0.15, -0.1) is 0 Å². The number of hydrogen-bond acceptors (Lipinski definition) is 1. The molecular formula is C16H16F2O. The Kier molecular flexibility index (Phi) is 3.67. The van der Waals surface area contributed by atoms with E-state index in [1.165, 1.54) is 12.1 Å². The molecular weight excluding hydrogens is 246 g/mol. The number of aliphatic hydroxyl groups excluding tert-OH is 1. The quantitative estimate of drug-likeness (QED) is 0.868. The van der Waals surface area contributed by atoms with Gasteiger partial charge in [0.2, 0.25) is 0 Å². The zero-order valence-electron chi connectivity index (χ0n) is 11.2. The Morgan fingerprint density at radius 3 is 2.16 bits per heavy atom. The summed E-state index contributed by atoms with van der Waals surface area (Å²) >= 11 is 0. The minimum Gasteiger partial charge on any atom is -0.384 e. The summed E-state index contributed by atoms with van der Waals surface area (Å²) in [5.41, 5.74) is 3.41. The molecule has 2 aromatic rings. The topological polar surface area (TPSA) is 20.2 Å². The minimum absolute atomic E-state index is 0.0324. The van der Waals surface area contributed by atoms with Gasteiger partial charge >= 0.3 is 0 Å². The maximum Gasteiger partial charge on any atom is 0.164 e. The average Bonchev–Trinajstić information content (AvgIpc) is 2.31. The fourth-order valence-electron chi connectivity index (χ4n) is 2.51. The molecule has 0 spiro atoms. The highest BCUT2D eigenvalue weighted by molar-refractivity contribution is 5.43. The molecule has 0 heterocycles. The monoisotopic (exact) mass is 262 g/mol. The van der Waals surface area contributed by atoms with Crippen molar-refractivity contribution in [3.05, 3.63) is 69.8 Å². The van der Waals surface area contributed by atoms with Crippen LogP contribution in [0.5, 0.6) is 0 Å². The lowest BCUT2D eigenvalue weighted by Crippen LogP contribution is -2.08. The van der Waals surface area contributed by atoms with Crippen molar-refractivity contribution in [1.29, 1.82) is 0 Å². The van der Waals surface area contributed by atoms with E-state index in [4.69, 9.17) is 0 Å². The molecule has 1 atom stereocenters. The summed E-state index contributed by atoms with van der Waals surface area (Å²) in [7, 11) is 0. The summed E-state index contributed by atoms with van der Waals surface area (Å²) in [6, 6.07) is 7.68. The Bertz CT molecular complexity index is 597. The molecule has 2 aromatic carbocycles. The van der Waals surface area contributed by atoms with Gasteiger partial charge in [0.25, 0.3) is 0 Å². The SMILES string of the molecule is Cc1cc(C)c(C(O)c2cccc(F)c2F)c(C)c1. The molecule has 2 rings (SSSR count). The zero-order valence-corrected chi connectivity index (χ0v) is 11.2. The van der Waals surface area contributed by atoms with Crippen LogP contribution in [0.15, 0.2) is 30.3 Å². The second-order valence-corrected chi connectivity index (χ2v) is 4.86. The molecule has 19 heavy (non-hydrogen) atoms. The zero-order chi connectivity index (χ0) is 14.2. The van der Waals surface area contributed by atoms with Crippen LogP contribution in [0.2, 0.25) is 0 Å². The summed E-state index contributed by atoms with van der Waals surface area (Å²) in [6.45, 7) is 5.67. The lowest BCUT2D eigenvalue weighted by molar-refractivity contribution is 0.212. The molecule has 1 N–H and O–H groups in total. The fraction of sp³-hybridized carbons (Fsp3) is 0.250. The highest BCUT2D eigenvalue weighted by atomic mass is 19.2. The first-order chi connectivity index (χ1) is 8.91. The second kappa shape index (κ2) is 5.10. The van der Waals surface area contributed by atoms with E-state index in [2.05, 4.69) is 0 Å². The number of aryl methyl sites for hydroxylation is 3. The molecule has 0 radical (unpaired) electrons. The van der Waals surface area contributed by atoms with Crippen molar-refractivity contribution in [2.45, 2.75) is 26.9 Å². The third-order valence-electron chi connectivity index (χ3n) is 3.29. The van der Waals surface area contributed by atoms with E-state index in [1.54, 1.807) is 0 Å². The van der Waals surface area contributed by atoms with Gasteiger partial charge in [-0.2, -0.15) is 0 Å². The molecule has 0 amide bonds. The van der Waals surface area contributed by atoms with E-state index in [1.807, 2.05) is 32.9 Å². The van der Waals surface area contributed by atoms with Crippen molar-refractivity contribution in [2.24, 2.45) is 0 Å². The molecule has 0 saturated carbocycles. The van der Waals surface area contributed by atoms with Crippen LogP contribution in [0.1, 0.15) is 33.9 Å². The number of hydrogen-bond donors (Lipinski definition) is 1. The van der Waals surface area contributed by atoms with Gasteiger partial charge in [-0.05, 0) is 43.5 Å². The molecule has 0 aromatic heterocycles. The minimum atomic E-state index is -1.16. The van der Waals surface area contributed by atoms with Crippen molar-refractivity contribution in [3.8, 4) is 0 Å². The third-order valence-corrected chi connectivity index (χ3v) is 3.29. The van der Waals surface area contributed by atoms with Gasteiger partial charge in [-0.1, -0.05) is 29.8 Å². The Hall–Kier alpha value is -1.74. The van der Waals surface area contributed by atoms with Crippen LogP contribution in [0.3, 0.4) is 0 Å². The first kappa shape index (κ1) is 13.7. The first-order valence-electron chi connectivity index (χ1n) is 6.11. The lowest BCUT2D eigenvalue weighted by Gasteiger charge is -2.18. The molecule has 0 fully saturated rings. The largest absolute Gasteiger partial charge is 0.384 e. The summed E-state index contributed by atoms with van der Waals surface area (Å²) in [4.78, 5) is 0. The van der Waals surface area contributed by atoms with E-state index >= 15 is 0 Å². The van der Waals surface area contributed by atoms with Crippen molar-refractivity contribution >= 4 is 0 Å². The Morgan fingerprint density at radius 2 is 1.58 bits per heavy atom. The van der Waals surface area contributed by atoms with Gasteiger partial charge in [0.15, 0.2) is 11.6 Å². The molecule has 1 unspecified atom stereocenters. The van der Waals surface area contributed by atoms with E-state index in [0.717, 1.165) is 22.8 Å². The van der Waals surface area contributed by atoms with Crippen LogP contribution in [-0.2, 0) is 0 Å². The normalized spacial score (nSPS) is 12.5. The summed E-state index contributed by atoms with van der Waals surface area (Å²) in [5, 5.41) is 10.3. The highest BCUT2D eigenvalue weighted by Crippen LogP contribution is 2.30. The van der Waals surface area contributed by atoms with E-state index < -0.39 is 17.7 Å². The summed E-state index contributed by atoms with van der Waals surface area (Å²) in [5.74, 6) is -1.94. The van der Waals surface area contributed by atoms with Crippen LogP contribution in [0.25, 0.3) is 0 Å². The number of benzene rings is 2. The van der Waals surface area contributed by atoms with Gasteiger partial charge in [-0.25, -0.2) is 8.78 Å². The van der Waals surface area contributed by atoms with E-state index in [0.29, 0.717) is 5.56 Å². The molecule has 0 aliphatic carbocycles. The van der Waals surface area contributed by atoms with Crippen molar-refractivity contribution in [1.82, 2.24) is 0 Å². The average molecular weight is 262 g/mol. The first-order valence-corrected chi connectivity index (χ1v) is 6.11. The van der Waals surface area contributed by atoms with Crippen LogP contribution in [0.4, 0.5) is 8.78 Å². The van der Waals surface area contributed by atoms with Gasteiger partial charge in [0.05, 0.1) is 0 Å². The lowest BCUT2D eigenvalue weighted by atomic mass is 9.91. The Balaban J connectivity index is 2.56. The molecule has 0 aliphatic heterocycles. The van der Waals surface area contributed by atoms with Crippen molar-refractivity contribution in [2.75, 3.05) is 0 Å². The van der Waals surface area contributed by atoms with Gasteiger partial charge in [0, 0.05) is 5.56 Å². The summed E-state index contributed by atoms with van der Waals surface area (Å²) in [6.07, 6.45) is -1.16. The number of rotatable bonds is 2. The standard InChI is InChI=1S/C16H16F2O/c1-9-7-10(2)14(11(3)8-9)16(19)12-5-4-6-13(17)15(12)18/h4-8,16,19H,1-3H3. The molecule has 0 aliphatic rings.